The molecule has 0 nitrogen and oxygen atoms in total. The van der Waals surface area contributed by atoms with Crippen LogP contribution in [0.1, 0.15) is 142 Å². The molecule has 29 heavy (non-hydrogen) atoms. The van der Waals surface area contributed by atoms with Gasteiger partial charge in [0.1, 0.15) is 0 Å². The molecule has 0 heterocycles. The predicted molar refractivity (Wildman–Crippen MR) is 135 cm³/mol. The average Bonchev–Trinajstić information content (AvgIpc) is 2.81. The van der Waals surface area contributed by atoms with E-state index in [0.717, 1.165) is 0 Å². The van der Waals surface area contributed by atoms with E-state index in [9.17, 15) is 0 Å². The third kappa shape index (κ3) is 6.01. The highest BCUT2D eigenvalue weighted by Crippen LogP contribution is 2.73. The van der Waals surface area contributed by atoms with Gasteiger partial charge in [-0.2, -0.15) is 0 Å². The highest BCUT2D eigenvalue weighted by atomic mass is 31.2. The maximum absolute atomic E-state index is 2.65. The largest absolute Gasteiger partial charge is 0.0927 e. The minimum Gasteiger partial charge on any atom is -0.0927 e. The van der Waals surface area contributed by atoms with Gasteiger partial charge in [-0.1, -0.05) is 99.8 Å². The Hall–Kier alpha value is 0.860. The van der Waals surface area contributed by atoms with Crippen LogP contribution in [0.4, 0.5) is 0 Å². The molecule has 4 rings (SSSR count). The quantitative estimate of drug-likeness (QED) is 0.348. The van der Waals surface area contributed by atoms with E-state index in [1.54, 1.807) is 135 Å². The summed E-state index contributed by atoms with van der Waals surface area (Å²) >= 11 is 0. The van der Waals surface area contributed by atoms with E-state index in [0.29, 0.717) is 0 Å². The first kappa shape index (κ1) is 23.0. The Labute approximate surface area is 185 Å². The molecule has 4 aliphatic carbocycles. The van der Waals surface area contributed by atoms with Crippen LogP contribution in [-0.2, 0) is 0 Å². The molecule has 0 aromatic carbocycles. The molecule has 0 N–H and O–H groups in total. The second-order valence-electron chi connectivity index (χ2n) is 11.0. The molecule has 4 fully saturated rings. The molecule has 0 spiro atoms. The molecule has 0 aromatic heterocycles. The molecule has 168 valence electrons. The third-order valence-corrected chi connectivity index (χ3v) is 18.2. The molecule has 2 heteroatoms. The van der Waals surface area contributed by atoms with Gasteiger partial charge in [0, 0.05) is 5.40 Å². The Morgan fingerprint density at radius 1 is 0.448 bits per heavy atom. The summed E-state index contributed by atoms with van der Waals surface area (Å²) in [4.78, 5) is 0. The summed E-state index contributed by atoms with van der Waals surface area (Å²) in [6.07, 6.45) is 33.2. The molecule has 0 aromatic rings. The van der Waals surface area contributed by atoms with Crippen molar-refractivity contribution in [2.24, 2.45) is 0 Å². The van der Waals surface area contributed by atoms with Crippen molar-refractivity contribution in [3.63, 3.8) is 0 Å². The summed E-state index contributed by atoms with van der Waals surface area (Å²) in [7, 11) is 0.559. The maximum atomic E-state index is 2.65. The monoisotopic (exact) mass is 436 g/mol. The van der Waals surface area contributed by atoms with Crippen LogP contribution >= 0.6 is 15.8 Å². The summed E-state index contributed by atoms with van der Waals surface area (Å²) in [6, 6.07) is 0. The molecule has 4 saturated carbocycles. The van der Waals surface area contributed by atoms with Crippen molar-refractivity contribution in [2.45, 2.75) is 170 Å². The zero-order valence-electron chi connectivity index (χ0n) is 19.6. The van der Waals surface area contributed by atoms with Crippen LogP contribution in [0.25, 0.3) is 0 Å². The van der Waals surface area contributed by atoms with E-state index < -0.39 is 0 Å². The maximum Gasteiger partial charge on any atom is 0.000148 e. The third-order valence-electron chi connectivity index (χ3n) is 9.04. The van der Waals surface area contributed by atoms with Gasteiger partial charge in [-0.25, -0.2) is 0 Å². The van der Waals surface area contributed by atoms with Gasteiger partial charge in [-0.05, 0) is 80.4 Å². The fourth-order valence-electron chi connectivity index (χ4n) is 7.66. The second-order valence-corrected chi connectivity index (χ2v) is 17.3. The summed E-state index contributed by atoms with van der Waals surface area (Å²) < 4.78 is 0. The lowest BCUT2D eigenvalue weighted by atomic mass is 9.99. The van der Waals surface area contributed by atoms with Crippen LogP contribution in [0.15, 0.2) is 0 Å². The SMILES string of the molecule is CCC(P(C1CCCCC1)C1CCCCC1)P(C1CCCCC1)C1CCCCC1. The first-order chi connectivity index (χ1) is 14.4. The molecule has 0 unspecified atom stereocenters. The molecule has 4 aliphatic rings. The molecule has 0 radical (unpaired) electrons. The van der Waals surface area contributed by atoms with E-state index in [1.807, 2.05) is 0 Å². The number of rotatable bonds is 7. The lowest BCUT2D eigenvalue weighted by molar-refractivity contribution is 0.476. The Balaban J connectivity index is 1.60. The predicted octanol–water partition coefficient (Wildman–Crippen LogP) is 10.0. The smallest absolute Gasteiger partial charge is 0.000148 e. The molecule has 0 amide bonds. The van der Waals surface area contributed by atoms with Gasteiger partial charge in [0.05, 0.1) is 0 Å². The Kier molecular flexibility index (Phi) is 9.69. The van der Waals surface area contributed by atoms with E-state index in [4.69, 9.17) is 0 Å². The van der Waals surface area contributed by atoms with Crippen LogP contribution in [-0.4, -0.2) is 28.0 Å². The molecule has 0 saturated heterocycles. The molecular formula is C27H50P2. The van der Waals surface area contributed by atoms with Crippen molar-refractivity contribution < 1.29 is 0 Å². The van der Waals surface area contributed by atoms with E-state index in [2.05, 4.69) is 6.92 Å². The number of hydrogen-bond donors (Lipinski definition) is 0. The zero-order valence-corrected chi connectivity index (χ0v) is 21.4. The first-order valence-corrected chi connectivity index (χ1v) is 17.0. The highest BCUT2D eigenvalue weighted by Gasteiger charge is 2.43. The van der Waals surface area contributed by atoms with Crippen LogP contribution in [0.3, 0.4) is 0 Å². The van der Waals surface area contributed by atoms with Gasteiger partial charge < -0.3 is 0 Å². The van der Waals surface area contributed by atoms with Crippen LogP contribution in [0.2, 0.25) is 0 Å². The average molecular weight is 437 g/mol. The van der Waals surface area contributed by atoms with Crippen LogP contribution in [0, 0.1) is 0 Å². The van der Waals surface area contributed by atoms with Crippen molar-refractivity contribution in [3.8, 4) is 0 Å². The first-order valence-electron chi connectivity index (χ1n) is 13.9. The van der Waals surface area contributed by atoms with Crippen molar-refractivity contribution in [1.29, 1.82) is 0 Å². The molecular weight excluding hydrogens is 386 g/mol. The highest BCUT2D eigenvalue weighted by molar-refractivity contribution is 7.77. The summed E-state index contributed by atoms with van der Waals surface area (Å²) in [5.74, 6) is 0. The Bertz CT molecular complexity index is 363. The Morgan fingerprint density at radius 2 is 0.690 bits per heavy atom. The van der Waals surface area contributed by atoms with Crippen molar-refractivity contribution in [2.75, 3.05) is 0 Å². The second kappa shape index (κ2) is 12.2. The standard InChI is InChI=1S/C27H50P2/c1-2-27(28(23-15-7-3-8-16-23)24-17-9-4-10-18-24)29(25-19-11-5-12-20-25)26-21-13-6-14-22-26/h23-27H,2-22H2,1H3. The fraction of sp³-hybridized carbons (Fsp3) is 1.00. The molecule has 0 aliphatic heterocycles. The van der Waals surface area contributed by atoms with Gasteiger partial charge >= 0.3 is 0 Å². The molecule has 0 atom stereocenters. The van der Waals surface area contributed by atoms with E-state index >= 15 is 0 Å². The lowest BCUT2D eigenvalue weighted by Gasteiger charge is -2.51. The van der Waals surface area contributed by atoms with Crippen molar-refractivity contribution in [3.05, 3.63) is 0 Å². The Morgan fingerprint density at radius 3 is 0.897 bits per heavy atom. The lowest BCUT2D eigenvalue weighted by Crippen LogP contribution is -2.31. The van der Waals surface area contributed by atoms with Crippen molar-refractivity contribution in [1.82, 2.24) is 0 Å². The normalized spacial score (nSPS) is 27.3. The van der Waals surface area contributed by atoms with E-state index in [1.165, 1.54) is 28.0 Å². The van der Waals surface area contributed by atoms with Crippen LogP contribution < -0.4 is 0 Å². The van der Waals surface area contributed by atoms with Gasteiger partial charge in [-0.15, -0.1) is 0 Å². The molecule has 0 bridgehead atoms. The summed E-state index contributed by atoms with van der Waals surface area (Å²) in [5, 5.41) is 1.19. The van der Waals surface area contributed by atoms with Crippen LogP contribution in [0.5, 0.6) is 0 Å². The van der Waals surface area contributed by atoms with E-state index in [-0.39, 0.29) is 15.8 Å². The summed E-state index contributed by atoms with van der Waals surface area (Å²) in [6.45, 7) is 2.65. The topological polar surface area (TPSA) is 0 Å². The minimum atomic E-state index is 0.279. The van der Waals surface area contributed by atoms with Gasteiger partial charge in [-0.3, -0.25) is 0 Å². The number of hydrogen-bond acceptors (Lipinski definition) is 0. The zero-order chi connectivity index (χ0) is 19.9. The fourth-order valence-corrected chi connectivity index (χ4v) is 19.0. The summed E-state index contributed by atoms with van der Waals surface area (Å²) in [5.41, 5.74) is 4.68. The van der Waals surface area contributed by atoms with Gasteiger partial charge in [0.25, 0.3) is 0 Å². The van der Waals surface area contributed by atoms with Crippen molar-refractivity contribution >= 4 is 15.8 Å². The minimum absolute atomic E-state index is 0.279. The van der Waals surface area contributed by atoms with Gasteiger partial charge in [0.2, 0.25) is 0 Å². The van der Waals surface area contributed by atoms with Gasteiger partial charge in [0.15, 0.2) is 0 Å².